The van der Waals surface area contributed by atoms with Crippen molar-refractivity contribution >= 4 is 21.8 Å². The SMILES string of the molecule is Cc1cnc2c(ccc3cc(C)[nH]c32)c1. The summed E-state index contributed by atoms with van der Waals surface area (Å²) in [5.74, 6) is 0. The summed E-state index contributed by atoms with van der Waals surface area (Å²) in [4.78, 5) is 7.85. The van der Waals surface area contributed by atoms with Gasteiger partial charge in [0.1, 0.15) is 0 Å². The Hall–Kier alpha value is -1.83. The Morgan fingerprint density at radius 2 is 1.87 bits per heavy atom. The molecule has 0 bridgehead atoms. The average Bonchev–Trinajstić information content (AvgIpc) is 2.58. The van der Waals surface area contributed by atoms with Crippen molar-refractivity contribution in [3.63, 3.8) is 0 Å². The Morgan fingerprint density at radius 1 is 1.07 bits per heavy atom. The van der Waals surface area contributed by atoms with Crippen molar-refractivity contribution in [2.24, 2.45) is 0 Å². The van der Waals surface area contributed by atoms with Gasteiger partial charge in [-0.1, -0.05) is 12.1 Å². The molecule has 0 aliphatic carbocycles. The summed E-state index contributed by atoms with van der Waals surface area (Å²) in [5, 5.41) is 2.43. The van der Waals surface area contributed by atoms with Gasteiger partial charge < -0.3 is 4.98 Å². The first-order valence-electron chi connectivity index (χ1n) is 5.09. The summed E-state index contributed by atoms with van der Waals surface area (Å²) in [6, 6.07) is 8.58. The lowest BCUT2D eigenvalue weighted by Gasteiger charge is -1.99. The number of nitrogens with zero attached hydrogens (tertiary/aromatic N) is 1. The van der Waals surface area contributed by atoms with Crippen LogP contribution in [0.2, 0.25) is 0 Å². The molecule has 15 heavy (non-hydrogen) atoms. The van der Waals surface area contributed by atoms with Crippen LogP contribution in [-0.2, 0) is 0 Å². The Bertz CT molecular complexity index is 650. The van der Waals surface area contributed by atoms with Crippen LogP contribution in [-0.4, -0.2) is 9.97 Å². The van der Waals surface area contributed by atoms with Gasteiger partial charge in [-0.25, -0.2) is 0 Å². The number of hydrogen-bond donors (Lipinski definition) is 1. The molecule has 0 saturated carbocycles. The van der Waals surface area contributed by atoms with E-state index in [4.69, 9.17) is 0 Å². The number of aromatic amines is 1. The topological polar surface area (TPSA) is 28.7 Å². The molecule has 2 aromatic heterocycles. The number of fused-ring (bicyclic) bond motifs is 3. The number of benzene rings is 1. The Balaban J connectivity index is 2.53. The highest BCUT2D eigenvalue weighted by Gasteiger charge is 2.03. The lowest BCUT2D eigenvalue weighted by Crippen LogP contribution is -1.82. The van der Waals surface area contributed by atoms with Crippen molar-refractivity contribution in [2.45, 2.75) is 13.8 Å². The van der Waals surface area contributed by atoms with E-state index in [9.17, 15) is 0 Å². The van der Waals surface area contributed by atoms with Gasteiger partial charge in [0.15, 0.2) is 0 Å². The van der Waals surface area contributed by atoms with E-state index in [1.54, 1.807) is 0 Å². The van der Waals surface area contributed by atoms with Gasteiger partial charge in [0.25, 0.3) is 0 Å². The second-order valence-electron chi connectivity index (χ2n) is 4.07. The zero-order valence-corrected chi connectivity index (χ0v) is 8.83. The van der Waals surface area contributed by atoms with Crippen LogP contribution in [0.4, 0.5) is 0 Å². The molecule has 0 fully saturated rings. The number of nitrogens with one attached hydrogen (secondary N) is 1. The van der Waals surface area contributed by atoms with Crippen molar-refractivity contribution in [3.8, 4) is 0 Å². The third-order valence-corrected chi connectivity index (χ3v) is 2.72. The second-order valence-corrected chi connectivity index (χ2v) is 4.07. The van der Waals surface area contributed by atoms with Crippen LogP contribution >= 0.6 is 0 Å². The molecule has 2 heteroatoms. The molecule has 0 saturated heterocycles. The van der Waals surface area contributed by atoms with Crippen molar-refractivity contribution in [3.05, 3.63) is 41.7 Å². The van der Waals surface area contributed by atoms with E-state index in [1.165, 1.54) is 22.0 Å². The monoisotopic (exact) mass is 196 g/mol. The molecule has 2 nitrogen and oxygen atoms in total. The second kappa shape index (κ2) is 2.83. The fourth-order valence-electron chi connectivity index (χ4n) is 2.05. The molecule has 3 rings (SSSR count). The lowest BCUT2D eigenvalue weighted by atomic mass is 10.1. The summed E-state index contributed by atoms with van der Waals surface area (Å²) >= 11 is 0. The minimum atomic E-state index is 1.06. The number of hydrogen-bond acceptors (Lipinski definition) is 1. The van der Waals surface area contributed by atoms with Crippen molar-refractivity contribution in [2.75, 3.05) is 0 Å². The summed E-state index contributed by atoms with van der Waals surface area (Å²) in [7, 11) is 0. The van der Waals surface area contributed by atoms with Crippen molar-refractivity contribution in [1.82, 2.24) is 9.97 Å². The zero-order chi connectivity index (χ0) is 10.4. The zero-order valence-electron chi connectivity index (χ0n) is 8.83. The number of H-pyrrole nitrogens is 1. The summed E-state index contributed by atoms with van der Waals surface area (Å²) in [5.41, 5.74) is 4.58. The summed E-state index contributed by atoms with van der Waals surface area (Å²) in [6.07, 6.45) is 1.91. The molecule has 0 spiro atoms. The van der Waals surface area contributed by atoms with Crippen LogP contribution in [0, 0.1) is 13.8 Å². The standard InChI is InChI=1S/C13H12N2/c1-8-5-10-3-4-11-6-9(2)15-13(11)12(10)14-7-8/h3-7,15H,1-2H3. The van der Waals surface area contributed by atoms with Crippen LogP contribution < -0.4 is 0 Å². The maximum Gasteiger partial charge on any atom is 0.0942 e. The molecule has 0 atom stereocenters. The molecule has 0 radical (unpaired) electrons. The first-order chi connectivity index (χ1) is 7.24. The first-order valence-corrected chi connectivity index (χ1v) is 5.09. The Morgan fingerprint density at radius 3 is 2.73 bits per heavy atom. The van der Waals surface area contributed by atoms with Gasteiger partial charge in [-0.05, 0) is 31.5 Å². The first kappa shape index (κ1) is 8.48. The Kier molecular flexibility index (Phi) is 1.60. The van der Waals surface area contributed by atoms with Crippen LogP contribution in [0.3, 0.4) is 0 Å². The fourth-order valence-corrected chi connectivity index (χ4v) is 2.05. The quantitative estimate of drug-likeness (QED) is 0.587. The van der Waals surface area contributed by atoms with E-state index < -0.39 is 0 Å². The van der Waals surface area contributed by atoms with Gasteiger partial charge in [-0.2, -0.15) is 0 Å². The molecule has 2 heterocycles. The van der Waals surface area contributed by atoms with Crippen LogP contribution in [0.25, 0.3) is 21.8 Å². The average molecular weight is 196 g/mol. The highest BCUT2D eigenvalue weighted by molar-refractivity contribution is 6.03. The number of pyridine rings is 1. The molecule has 74 valence electrons. The van der Waals surface area contributed by atoms with E-state index in [2.05, 4.69) is 48.1 Å². The maximum absolute atomic E-state index is 4.49. The molecule has 3 aromatic rings. The van der Waals surface area contributed by atoms with Gasteiger partial charge in [-0.3, -0.25) is 4.98 Å². The van der Waals surface area contributed by atoms with Crippen molar-refractivity contribution < 1.29 is 0 Å². The minimum absolute atomic E-state index is 1.06. The number of rotatable bonds is 0. The van der Waals surface area contributed by atoms with Gasteiger partial charge in [0.05, 0.1) is 11.0 Å². The van der Waals surface area contributed by atoms with E-state index in [0.29, 0.717) is 0 Å². The lowest BCUT2D eigenvalue weighted by molar-refractivity contribution is 1.29. The number of aromatic nitrogens is 2. The third-order valence-electron chi connectivity index (χ3n) is 2.72. The van der Waals surface area contributed by atoms with Crippen LogP contribution in [0.15, 0.2) is 30.5 Å². The normalized spacial score (nSPS) is 11.3. The van der Waals surface area contributed by atoms with Gasteiger partial charge in [-0.15, -0.1) is 0 Å². The molecular formula is C13H12N2. The predicted molar refractivity (Wildman–Crippen MR) is 63.1 cm³/mol. The van der Waals surface area contributed by atoms with Gasteiger partial charge in [0, 0.05) is 22.7 Å². The molecule has 0 aliphatic rings. The number of aryl methyl sites for hydroxylation is 2. The van der Waals surface area contributed by atoms with E-state index in [0.717, 1.165) is 11.0 Å². The smallest absolute Gasteiger partial charge is 0.0942 e. The summed E-state index contributed by atoms with van der Waals surface area (Å²) < 4.78 is 0. The maximum atomic E-state index is 4.49. The predicted octanol–water partition coefficient (Wildman–Crippen LogP) is 3.33. The van der Waals surface area contributed by atoms with Crippen molar-refractivity contribution in [1.29, 1.82) is 0 Å². The molecule has 0 aliphatic heterocycles. The largest absolute Gasteiger partial charge is 0.357 e. The van der Waals surface area contributed by atoms with E-state index in [1.807, 2.05) is 6.20 Å². The van der Waals surface area contributed by atoms with Gasteiger partial charge >= 0.3 is 0 Å². The molecular weight excluding hydrogens is 184 g/mol. The third kappa shape index (κ3) is 1.22. The molecule has 1 aromatic carbocycles. The molecule has 0 amide bonds. The highest BCUT2D eigenvalue weighted by atomic mass is 14.8. The fraction of sp³-hybridized carbons (Fsp3) is 0.154. The minimum Gasteiger partial charge on any atom is -0.357 e. The van der Waals surface area contributed by atoms with E-state index >= 15 is 0 Å². The van der Waals surface area contributed by atoms with Gasteiger partial charge in [0.2, 0.25) is 0 Å². The Labute approximate surface area is 88.0 Å². The van der Waals surface area contributed by atoms with Crippen LogP contribution in [0.1, 0.15) is 11.3 Å². The highest BCUT2D eigenvalue weighted by Crippen LogP contribution is 2.24. The molecule has 0 unspecified atom stereocenters. The summed E-state index contributed by atoms with van der Waals surface area (Å²) in [6.45, 7) is 4.14. The van der Waals surface area contributed by atoms with E-state index in [-0.39, 0.29) is 0 Å². The van der Waals surface area contributed by atoms with Crippen LogP contribution in [0.5, 0.6) is 0 Å². The molecule has 1 N–H and O–H groups in total.